The Balaban J connectivity index is 1.43. The van der Waals surface area contributed by atoms with E-state index in [0.717, 1.165) is 27.5 Å². The van der Waals surface area contributed by atoms with Crippen LogP contribution in [0.25, 0.3) is 0 Å². The highest BCUT2D eigenvalue weighted by Gasteiger charge is 2.15. The first-order valence-corrected chi connectivity index (χ1v) is 11.3. The molecule has 1 aliphatic rings. The van der Waals surface area contributed by atoms with Crippen molar-refractivity contribution in [3.63, 3.8) is 0 Å². The fraction of sp³-hybridized carbons (Fsp3) is 0.208. The van der Waals surface area contributed by atoms with Crippen molar-refractivity contribution in [1.29, 1.82) is 0 Å². The van der Waals surface area contributed by atoms with E-state index in [9.17, 15) is 4.79 Å². The largest absolute Gasteiger partial charge is 0.494 e. The molecular weight excluding hydrogens is 434 g/mol. The third-order valence-corrected chi connectivity index (χ3v) is 6.03. The molecule has 4 rings (SSSR count). The lowest BCUT2D eigenvalue weighted by atomic mass is 10.1. The van der Waals surface area contributed by atoms with E-state index in [1.165, 1.54) is 0 Å². The normalized spacial score (nSPS) is 11.9. The molecule has 0 unspecified atom stereocenters. The van der Waals surface area contributed by atoms with Crippen molar-refractivity contribution < 1.29 is 19.0 Å². The third-order valence-electron chi connectivity index (χ3n) is 4.72. The minimum atomic E-state index is -0.140. The average Bonchev–Trinajstić information content (AvgIpc) is 3.26. The van der Waals surface area contributed by atoms with Crippen molar-refractivity contribution in [1.82, 2.24) is 5.32 Å². The molecule has 3 aromatic rings. The van der Waals surface area contributed by atoms with Gasteiger partial charge in [-0.1, -0.05) is 17.7 Å². The average molecular weight is 456 g/mol. The van der Waals surface area contributed by atoms with Crippen LogP contribution in [0.1, 0.15) is 28.4 Å². The lowest BCUT2D eigenvalue weighted by Crippen LogP contribution is -2.23. The summed E-state index contributed by atoms with van der Waals surface area (Å²) in [6, 6.07) is 18.9. The zero-order valence-corrected chi connectivity index (χ0v) is 18.6. The molecule has 3 aromatic carbocycles. The van der Waals surface area contributed by atoms with E-state index in [4.69, 9.17) is 25.8 Å². The minimum Gasteiger partial charge on any atom is -0.494 e. The first kappa shape index (κ1) is 21.4. The van der Waals surface area contributed by atoms with Crippen LogP contribution in [0.15, 0.2) is 65.6 Å². The van der Waals surface area contributed by atoms with Crippen LogP contribution in [0.4, 0.5) is 0 Å². The van der Waals surface area contributed by atoms with Crippen molar-refractivity contribution in [2.24, 2.45) is 0 Å². The molecule has 0 atom stereocenters. The third kappa shape index (κ3) is 5.46. The molecule has 1 aliphatic heterocycles. The quantitative estimate of drug-likeness (QED) is 0.442. The van der Waals surface area contributed by atoms with Gasteiger partial charge in [-0.05, 0) is 67.1 Å². The second kappa shape index (κ2) is 9.98. The van der Waals surface area contributed by atoms with Crippen LogP contribution in [-0.4, -0.2) is 19.3 Å². The molecule has 5 nitrogen and oxygen atoms in total. The number of fused-ring (bicyclic) bond motifs is 1. The van der Waals surface area contributed by atoms with Gasteiger partial charge in [-0.3, -0.25) is 4.79 Å². The van der Waals surface area contributed by atoms with E-state index in [1.807, 2.05) is 61.5 Å². The Morgan fingerprint density at radius 3 is 2.68 bits per heavy atom. The first-order chi connectivity index (χ1) is 15.1. The summed E-state index contributed by atoms with van der Waals surface area (Å²) in [4.78, 5) is 13.9. The van der Waals surface area contributed by atoms with Crippen molar-refractivity contribution in [3.8, 4) is 17.2 Å². The fourth-order valence-electron chi connectivity index (χ4n) is 3.16. The van der Waals surface area contributed by atoms with E-state index in [-0.39, 0.29) is 12.7 Å². The number of hydrogen-bond donors (Lipinski definition) is 1. The van der Waals surface area contributed by atoms with Gasteiger partial charge in [0.15, 0.2) is 11.5 Å². The maximum Gasteiger partial charge on any atom is 0.251 e. The lowest BCUT2D eigenvalue weighted by molar-refractivity contribution is 0.0950. The van der Waals surface area contributed by atoms with Crippen molar-refractivity contribution in [2.75, 3.05) is 13.4 Å². The zero-order chi connectivity index (χ0) is 21.6. The molecule has 0 spiro atoms. The van der Waals surface area contributed by atoms with Crippen LogP contribution >= 0.6 is 23.4 Å². The van der Waals surface area contributed by atoms with E-state index in [2.05, 4.69) is 5.32 Å². The number of hydrogen-bond acceptors (Lipinski definition) is 5. The standard InChI is InChI=1S/C24H22ClNO4S/c1-2-28-21-10-4-17(12-18(21)14-31-20-7-5-19(25)6-8-20)24(27)26-13-16-3-9-22-23(11-16)30-15-29-22/h3-12H,2,13-15H2,1H3,(H,26,27). The number of carbonyl (C=O) groups excluding carboxylic acids is 1. The monoisotopic (exact) mass is 455 g/mol. The summed E-state index contributed by atoms with van der Waals surface area (Å²) in [5, 5.41) is 3.68. The molecule has 31 heavy (non-hydrogen) atoms. The van der Waals surface area contributed by atoms with Crippen molar-refractivity contribution >= 4 is 29.3 Å². The highest BCUT2D eigenvalue weighted by Crippen LogP contribution is 2.33. The van der Waals surface area contributed by atoms with Gasteiger partial charge in [-0.2, -0.15) is 0 Å². The van der Waals surface area contributed by atoms with E-state index in [1.54, 1.807) is 17.8 Å². The Labute approximate surface area is 190 Å². The van der Waals surface area contributed by atoms with Crippen LogP contribution in [0, 0.1) is 0 Å². The zero-order valence-electron chi connectivity index (χ0n) is 17.0. The number of benzene rings is 3. The van der Waals surface area contributed by atoms with Gasteiger partial charge in [0.2, 0.25) is 6.79 Å². The number of ether oxygens (including phenoxy) is 3. The molecular formula is C24H22ClNO4S. The van der Waals surface area contributed by atoms with Crippen LogP contribution in [0.2, 0.25) is 5.02 Å². The number of carbonyl (C=O) groups is 1. The van der Waals surface area contributed by atoms with Gasteiger partial charge in [-0.15, -0.1) is 11.8 Å². The molecule has 0 saturated heterocycles. The van der Waals surface area contributed by atoms with Gasteiger partial charge in [0, 0.05) is 33.3 Å². The summed E-state index contributed by atoms with van der Waals surface area (Å²) in [5.74, 6) is 2.76. The van der Waals surface area contributed by atoms with Gasteiger partial charge in [0.05, 0.1) is 6.61 Å². The molecule has 0 saturated carbocycles. The molecule has 1 N–H and O–H groups in total. The van der Waals surface area contributed by atoms with Gasteiger partial charge in [-0.25, -0.2) is 0 Å². The Bertz CT molecular complexity index is 1070. The minimum absolute atomic E-state index is 0.140. The predicted molar refractivity (Wildman–Crippen MR) is 122 cm³/mol. The maximum atomic E-state index is 12.8. The highest BCUT2D eigenvalue weighted by atomic mass is 35.5. The van der Waals surface area contributed by atoms with Crippen molar-refractivity contribution in [3.05, 3.63) is 82.4 Å². The van der Waals surface area contributed by atoms with E-state index >= 15 is 0 Å². The Kier molecular flexibility index (Phi) is 6.89. The number of nitrogens with one attached hydrogen (secondary N) is 1. The van der Waals surface area contributed by atoms with Gasteiger partial charge in [0.1, 0.15) is 5.75 Å². The fourth-order valence-corrected chi connectivity index (χ4v) is 4.16. The van der Waals surface area contributed by atoms with Crippen LogP contribution in [0.5, 0.6) is 17.2 Å². The lowest BCUT2D eigenvalue weighted by Gasteiger charge is -2.13. The Morgan fingerprint density at radius 1 is 1.06 bits per heavy atom. The van der Waals surface area contributed by atoms with E-state index < -0.39 is 0 Å². The molecule has 1 heterocycles. The second-order valence-electron chi connectivity index (χ2n) is 6.87. The number of halogens is 1. The molecule has 160 valence electrons. The molecule has 7 heteroatoms. The van der Waals surface area contributed by atoms with Gasteiger partial charge in [0.25, 0.3) is 5.91 Å². The topological polar surface area (TPSA) is 56.8 Å². The highest BCUT2D eigenvalue weighted by molar-refractivity contribution is 7.98. The van der Waals surface area contributed by atoms with Crippen LogP contribution < -0.4 is 19.5 Å². The molecule has 0 bridgehead atoms. The Morgan fingerprint density at radius 2 is 1.87 bits per heavy atom. The maximum absolute atomic E-state index is 12.8. The smallest absolute Gasteiger partial charge is 0.251 e. The second-order valence-corrected chi connectivity index (χ2v) is 8.35. The van der Waals surface area contributed by atoms with Crippen LogP contribution in [0.3, 0.4) is 0 Å². The predicted octanol–water partition coefficient (Wildman–Crippen LogP) is 5.69. The molecule has 0 aliphatic carbocycles. The number of rotatable bonds is 8. The summed E-state index contributed by atoms with van der Waals surface area (Å²) in [6.45, 7) is 3.14. The summed E-state index contributed by atoms with van der Waals surface area (Å²) in [5.41, 5.74) is 2.51. The van der Waals surface area contributed by atoms with Crippen LogP contribution in [-0.2, 0) is 12.3 Å². The number of amides is 1. The molecule has 0 radical (unpaired) electrons. The molecule has 1 amide bonds. The summed E-state index contributed by atoms with van der Waals surface area (Å²) in [6.07, 6.45) is 0. The van der Waals surface area contributed by atoms with E-state index in [0.29, 0.717) is 35.2 Å². The first-order valence-electron chi connectivity index (χ1n) is 9.93. The number of thioether (sulfide) groups is 1. The summed E-state index contributed by atoms with van der Waals surface area (Å²) in [7, 11) is 0. The van der Waals surface area contributed by atoms with Crippen molar-refractivity contribution in [2.45, 2.75) is 24.1 Å². The summed E-state index contributed by atoms with van der Waals surface area (Å²) < 4.78 is 16.5. The SMILES string of the molecule is CCOc1ccc(C(=O)NCc2ccc3c(c2)OCO3)cc1CSc1ccc(Cl)cc1. The van der Waals surface area contributed by atoms with Gasteiger partial charge >= 0.3 is 0 Å². The Hall–Kier alpha value is -2.83. The molecule has 0 fully saturated rings. The van der Waals surface area contributed by atoms with Gasteiger partial charge < -0.3 is 19.5 Å². The summed E-state index contributed by atoms with van der Waals surface area (Å²) >= 11 is 7.63. The molecule has 0 aromatic heterocycles.